The molecule has 268 valence electrons. The molecule has 4 heterocycles. The molecule has 3 aliphatic heterocycles. The fourth-order valence-corrected chi connectivity index (χ4v) is 7.82. The molecule has 0 saturated carbocycles. The Labute approximate surface area is 305 Å². The molecule has 2 N–H and O–H groups in total. The Morgan fingerprint density at radius 1 is 1.00 bits per heavy atom. The van der Waals surface area contributed by atoms with Crippen molar-refractivity contribution in [1.29, 1.82) is 0 Å². The summed E-state index contributed by atoms with van der Waals surface area (Å²) in [6.07, 6.45) is 4.34. The monoisotopic (exact) mass is 737 g/mol. The highest BCUT2D eigenvalue weighted by atomic mass is 35.5. The molecule has 1 aromatic heterocycles. The number of carboxylic acids is 1. The molecular weight excluding hydrogens is 700 g/mol. The van der Waals surface area contributed by atoms with Crippen LogP contribution in [-0.4, -0.2) is 62.0 Å². The number of pyridine rings is 1. The number of hydrogen-bond donors (Lipinski definition) is 2. The number of hydrogen-bond acceptors (Lipinski definition) is 9. The lowest BCUT2D eigenvalue weighted by atomic mass is 9.80. The summed E-state index contributed by atoms with van der Waals surface area (Å²) < 4.78 is 31.9. The quantitative estimate of drug-likeness (QED) is 0.112. The number of ether oxygens (including phenoxy) is 3. The van der Waals surface area contributed by atoms with E-state index in [4.69, 9.17) is 37.4 Å². The van der Waals surface area contributed by atoms with Gasteiger partial charge >= 0.3 is 5.97 Å². The van der Waals surface area contributed by atoms with E-state index in [0.717, 1.165) is 30.7 Å². The molecule has 10 nitrogen and oxygen atoms in total. The Morgan fingerprint density at radius 3 is 2.27 bits per heavy atom. The van der Waals surface area contributed by atoms with E-state index in [1.807, 2.05) is 0 Å². The van der Waals surface area contributed by atoms with Gasteiger partial charge < -0.3 is 24.1 Å². The molecule has 0 amide bonds. The van der Waals surface area contributed by atoms with Crippen molar-refractivity contribution in [3.8, 4) is 11.5 Å². The molecule has 2 bridgehead atoms. The van der Waals surface area contributed by atoms with Gasteiger partial charge in [0.2, 0.25) is 12.4 Å². The van der Waals surface area contributed by atoms with Crippen molar-refractivity contribution in [2.75, 3.05) is 33.9 Å². The molecule has 1 unspecified atom stereocenters. The molecule has 4 aromatic rings. The lowest BCUT2D eigenvalue weighted by molar-refractivity contribution is -0.904. The van der Waals surface area contributed by atoms with Crippen molar-refractivity contribution < 1.29 is 43.2 Å². The van der Waals surface area contributed by atoms with Crippen LogP contribution < -0.4 is 24.6 Å². The van der Waals surface area contributed by atoms with Crippen LogP contribution in [0.2, 0.25) is 10.0 Å². The number of esters is 1. The second kappa shape index (κ2) is 15.9. The summed E-state index contributed by atoms with van der Waals surface area (Å²) in [5.74, 6) is -1.91. The fraction of sp³-hybridized carbons (Fsp3) is 0.342. The predicted octanol–water partition coefficient (Wildman–Crippen LogP) is 4.88. The van der Waals surface area contributed by atoms with Crippen LogP contribution in [0.3, 0.4) is 0 Å². The molecule has 7 rings (SSSR count). The standard InChI is InChI=1S/C38H38Cl2FN3O7/c1-49-32-11-8-24(16-33(32)50-2)28(17-29-30(39)19-44(48)20-31(29)40)35-25(4-3-5-27(35)37(45)46)18-42-36(23-6-9-26(41)10-7-23)38(47)51-34-21-43-14-12-22(34)13-15-43/h3-11,16,19-20,22,28,34,36,42H,12-15,17-18,21H2,1-2H3,(H-,45,46,48)/t28-,34-,36?/m0/s1. The smallest absolute Gasteiger partial charge is 0.328 e. The van der Waals surface area contributed by atoms with Crippen LogP contribution in [0.15, 0.2) is 73.1 Å². The van der Waals surface area contributed by atoms with Crippen molar-refractivity contribution in [3.05, 3.63) is 122 Å². The van der Waals surface area contributed by atoms with Crippen LogP contribution in [0, 0.1) is 11.7 Å². The summed E-state index contributed by atoms with van der Waals surface area (Å²) in [5, 5.41) is 26.4. The molecule has 3 aromatic carbocycles. The first kappa shape index (κ1) is 36.4. The van der Waals surface area contributed by atoms with Gasteiger partial charge in [0.15, 0.2) is 11.5 Å². The second-order valence-electron chi connectivity index (χ2n) is 12.8. The molecule has 3 saturated heterocycles. The number of piperidine rings is 3. The first-order valence-corrected chi connectivity index (χ1v) is 17.4. The zero-order chi connectivity index (χ0) is 36.2. The minimum Gasteiger partial charge on any atom is -0.545 e. The SMILES string of the molecule is COc1ccc([C@H](Cc2c(Cl)c[n+](O)cc2Cl)c2c(CNC(C(=O)O[C@H]3CN4CCC3CC4)c3ccc(F)cc3)cccc2C(=O)[O-])cc1OC. The van der Waals surface area contributed by atoms with Crippen molar-refractivity contribution in [1.82, 2.24) is 10.2 Å². The number of benzene rings is 3. The number of rotatable bonds is 13. The maximum absolute atomic E-state index is 14.0. The highest BCUT2D eigenvalue weighted by molar-refractivity contribution is 6.35. The molecule has 0 spiro atoms. The molecule has 3 fully saturated rings. The average Bonchev–Trinajstić information content (AvgIpc) is 3.12. The van der Waals surface area contributed by atoms with Crippen molar-refractivity contribution in [2.24, 2.45) is 5.92 Å². The third-order valence-corrected chi connectivity index (χ3v) is 10.5. The van der Waals surface area contributed by atoms with E-state index >= 15 is 0 Å². The van der Waals surface area contributed by atoms with E-state index in [0.29, 0.717) is 45.9 Å². The van der Waals surface area contributed by atoms with Gasteiger partial charge in [-0.3, -0.25) is 15.4 Å². The molecule has 13 heteroatoms. The first-order valence-electron chi connectivity index (χ1n) is 16.6. The van der Waals surface area contributed by atoms with Gasteiger partial charge in [0.05, 0.1) is 20.2 Å². The first-order chi connectivity index (χ1) is 24.6. The van der Waals surface area contributed by atoms with Gasteiger partial charge in [-0.15, -0.1) is 0 Å². The van der Waals surface area contributed by atoms with E-state index in [1.54, 1.807) is 30.3 Å². The molecule has 3 atom stereocenters. The zero-order valence-corrected chi connectivity index (χ0v) is 29.6. The van der Waals surface area contributed by atoms with Crippen molar-refractivity contribution >= 4 is 35.1 Å². The number of nitrogens with zero attached hydrogens (tertiary/aromatic N) is 2. The number of fused-ring (bicyclic) bond motifs is 3. The number of aromatic carboxylic acids is 1. The number of nitrogens with one attached hydrogen (secondary N) is 1. The van der Waals surface area contributed by atoms with Crippen molar-refractivity contribution in [3.63, 3.8) is 0 Å². The second-order valence-corrected chi connectivity index (χ2v) is 13.6. The number of halogens is 3. The third kappa shape index (κ3) is 8.07. The van der Waals surface area contributed by atoms with Gasteiger partial charge in [-0.25, -0.2) is 9.18 Å². The van der Waals surface area contributed by atoms with Gasteiger partial charge in [-0.1, -0.05) is 59.6 Å². The molecule has 0 aliphatic carbocycles. The van der Waals surface area contributed by atoms with E-state index in [9.17, 15) is 24.3 Å². The summed E-state index contributed by atoms with van der Waals surface area (Å²) in [5.41, 5.74) is 2.45. The predicted molar refractivity (Wildman–Crippen MR) is 185 cm³/mol. The van der Waals surface area contributed by atoms with E-state index in [1.165, 1.54) is 56.9 Å². The summed E-state index contributed by atoms with van der Waals surface area (Å²) in [4.78, 5) is 29.0. The Morgan fingerprint density at radius 2 is 1.67 bits per heavy atom. The largest absolute Gasteiger partial charge is 0.545 e. The molecule has 0 radical (unpaired) electrons. The lowest BCUT2D eigenvalue weighted by Crippen LogP contribution is -2.52. The minimum absolute atomic E-state index is 0.0184. The fourth-order valence-electron chi connectivity index (χ4n) is 7.22. The average molecular weight is 739 g/mol. The number of carbonyl (C=O) groups excluding carboxylic acids is 2. The number of methoxy groups -OCH3 is 2. The van der Waals surface area contributed by atoms with Crippen LogP contribution in [0.4, 0.5) is 4.39 Å². The maximum atomic E-state index is 14.0. The van der Waals surface area contributed by atoms with E-state index < -0.39 is 29.7 Å². The van der Waals surface area contributed by atoms with Gasteiger partial charge in [0.25, 0.3) is 0 Å². The Kier molecular flexibility index (Phi) is 11.3. The Hall–Kier alpha value is -4.42. The van der Waals surface area contributed by atoms with Crippen LogP contribution in [0.5, 0.6) is 11.5 Å². The normalized spacial score (nSPS) is 19.3. The van der Waals surface area contributed by atoms with Crippen LogP contribution in [0.25, 0.3) is 0 Å². The molecular formula is C38H38Cl2FN3O7. The third-order valence-electron chi connectivity index (χ3n) is 9.85. The Balaban J connectivity index is 1.41. The lowest BCUT2D eigenvalue weighted by Gasteiger charge is -2.44. The zero-order valence-electron chi connectivity index (χ0n) is 28.1. The van der Waals surface area contributed by atoms with Gasteiger partial charge in [0, 0.05) is 34.9 Å². The van der Waals surface area contributed by atoms with E-state index in [-0.39, 0.29) is 40.6 Å². The highest BCUT2D eigenvalue weighted by Gasteiger charge is 2.38. The van der Waals surface area contributed by atoms with Gasteiger partial charge in [-0.2, -0.15) is 0 Å². The number of carboxylic acid groups (broad SMARTS) is 1. The highest BCUT2D eigenvalue weighted by Crippen LogP contribution is 2.40. The Bertz CT molecular complexity index is 1880. The minimum atomic E-state index is -1.41. The topological polar surface area (TPSA) is 124 Å². The maximum Gasteiger partial charge on any atom is 0.328 e. The number of aromatic nitrogens is 1. The summed E-state index contributed by atoms with van der Waals surface area (Å²) in [6, 6.07) is 14.7. The molecule has 51 heavy (non-hydrogen) atoms. The van der Waals surface area contributed by atoms with Crippen LogP contribution in [-0.2, 0) is 22.5 Å². The summed E-state index contributed by atoms with van der Waals surface area (Å²) >= 11 is 13.2. The van der Waals surface area contributed by atoms with Gasteiger partial charge in [0.1, 0.15) is 28.0 Å². The molecule has 3 aliphatic rings. The summed E-state index contributed by atoms with van der Waals surface area (Å²) in [7, 11) is 3.01. The van der Waals surface area contributed by atoms with Gasteiger partial charge in [-0.05, 0) is 84.8 Å². The summed E-state index contributed by atoms with van der Waals surface area (Å²) in [6.45, 7) is 2.65. The van der Waals surface area contributed by atoms with Crippen LogP contribution in [0.1, 0.15) is 63.0 Å². The van der Waals surface area contributed by atoms with E-state index in [2.05, 4.69) is 10.2 Å². The van der Waals surface area contributed by atoms with Crippen LogP contribution >= 0.6 is 23.2 Å². The van der Waals surface area contributed by atoms with Crippen molar-refractivity contribution in [2.45, 2.75) is 43.9 Å². The number of carbonyl (C=O) groups is 2.